The predicted octanol–water partition coefficient (Wildman–Crippen LogP) is 6.55. The Labute approximate surface area is 282 Å². The number of benzene rings is 4. The van der Waals surface area contributed by atoms with E-state index in [0.717, 1.165) is 46.7 Å². The van der Waals surface area contributed by atoms with Crippen LogP contribution in [0.2, 0.25) is 5.02 Å². The number of nitrogens with one attached hydrogen (secondary N) is 1. The van der Waals surface area contributed by atoms with Gasteiger partial charge in [0.2, 0.25) is 11.8 Å². The second-order valence-electron chi connectivity index (χ2n) is 11.8. The second kappa shape index (κ2) is 15.5. The van der Waals surface area contributed by atoms with Gasteiger partial charge < -0.3 is 15.0 Å². The quantitative estimate of drug-likeness (QED) is 0.174. The molecule has 0 bridgehead atoms. The number of carbonyl (C=O) groups excluding carboxylic acids is 2. The zero-order valence-corrected chi connectivity index (χ0v) is 28.2. The molecule has 4 aromatic carbocycles. The topological polar surface area (TPSA) is 96.0 Å². The lowest BCUT2D eigenvalue weighted by atomic mass is 10.0. The number of hydrogen-bond acceptors (Lipinski definition) is 5. The summed E-state index contributed by atoms with van der Waals surface area (Å²) < 4.78 is 34.9. The number of sulfonamides is 1. The molecule has 1 saturated carbocycles. The van der Waals surface area contributed by atoms with E-state index in [0.29, 0.717) is 5.75 Å². The minimum absolute atomic E-state index is 0.0252. The van der Waals surface area contributed by atoms with Crippen molar-refractivity contribution in [2.24, 2.45) is 0 Å². The van der Waals surface area contributed by atoms with Crippen molar-refractivity contribution >= 4 is 39.1 Å². The van der Waals surface area contributed by atoms with Crippen LogP contribution in [0.15, 0.2) is 108 Å². The fraction of sp³-hybridized carbons (Fsp3) is 0.297. The normalized spacial score (nSPS) is 13.9. The van der Waals surface area contributed by atoms with Crippen molar-refractivity contribution in [3.63, 3.8) is 0 Å². The number of halogens is 1. The summed E-state index contributed by atoms with van der Waals surface area (Å²) in [6.45, 7) is 1.41. The van der Waals surface area contributed by atoms with Crippen LogP contribution < -0.4 is 14.4 Å². The molecule has 1 N–H and O–H groups in total. The van der Waals surface area contributed by atoms with Gasteiger partial charge in [-0.2, -0.15) is 0 Å². The minimum atomic E-state index is -4.25. The largest absolute Gasteiger partial charge is 0.495 e. The molecule has 5 rings (SSSR count). The first-order valence-corrected chi connectivity index (χ1v) is 17.6. The third-order valence-corrected chi connectivity index (χ3v) is 10.6. The smallest absolute Gasteiger partial charge is 0.264 e. The van der Waals surface area contributed by atoms with Crippen molar-refractivity contribution in [3.8, 4) is 5.75 Å². The van der Waals surface area contributed by atoms with Crippen LogP contribution in [0.3, 0.4) is 0 Å². The van der Waals surface area contributed by atoms with E-state index in [1.54, 1.807) is 24.3 Å². The number of anilines is 1. The van der Waals surface area contributed by atoms with Crippen molar-refractivity contribution in [1.29, 1.82) is 0 Å². The fourth-order valence-electron chi connectivity index (χ4n) is 5.88. The molecule has 1 atom stereocenters. The van der Waals surface area contributed by atoms with Gasteiger partial charge in [-0.1, -0.05) is 103 Å². The molecule has 47 heavy (non-hydrogen) atoms. The van der Waals surface area contributed by atoms with Gasteiger partial charge in [0, 0.05) is 19.0 Å². The predicted molar refractivity (Wildman–Crippen MR) is 185 cm³/mol. The number of aryl methyl sites for hydroxylation is 1. The van der Waals surface area contributed by atoms with Gasteiger partial charge in [0.25, 0.3) is 10.0 Å². The molecular weight excluding hydrogens is 634 g/mol. The van der Waals surface area contributed by atoms with E-state index in [1.165, 1.54) is 30.2 Å². The molecule has 1 aliphatic rings. The van der Waals surface area contributed by atoms with E-state index >= 15 is 0 Å². The van der Waals surface area contributed by atoms with Crippen LogP contribution >= 0.6 is 11.6 Å². The van der Waals surface area contributed by atoms with Crippen molar-refractivity contribution in [1.82, 2.24) is 10.2 Å². The first kappa shape index (κ1) is 34.0. The molecule has 8 nitrogen and oxygen atoms in total. The molecule has 0 aliphatic heterocycles. The Hall–Kier alpha value is -4.34. The number of methoxy groups -OCH3 is 1. The highest BCUT2D eigenvalue weighted by Crippen LogP contribution is 2.32. The molecule has 1 unspecified atom stereocenters. The number of carbonyl (C=O) groups is 2. The highest BCUT2D eigenvalue weighted by molar-refractivity contribution is 7.92. The molecule has 0 aromatic heterocycles. The second-order valence-corrected chi connectivity index (χ2v) is 14.1. The summed E-state index contributed by atoms with van der Waals surface area (Å²) in [6.07, 6.45) is 4.11. The summed E-state index contributed by atoms with van der Waals surface area (Å²) in [5, 5.41) is 3.39. The molecule has 0 spiro atoms. The number of rotatable bonds is 13. The third-order valence-electron chi connectivity index (χ3n) is 8.48. The lowest BCUT2D eigenvalue weighted by molar-refractivity contribution is -0.140. The van der Waals surface area contributed by atoms with E-state index in [1.807, 2.05) is 67.6 Å². The summed E-state index contributed by atoms with van der Waals surface area (Å²) in [5.74, 6) is -0.420. The van der Waals surface area contributed by atoms with Gasteiger partial charge in [0.05, 0.1) is 22.7 Å². The Morgan fingerprint density at radius 2 is 1.51 bits per heavy atom. The Morgan fingerprint density at radius 3 is 2.11 bits per heavy atom. The van der Waals surface area contributed by atoms with Gasteiger partial charge in [-0.3, -0.25) is 13.9 Å². The molecule has 246 valence electrons. The monoisotopic (exact) mass is 673 g/mol. The van der Waals surface area contributed by atoms with Crippen molar-refractivity contribution in [2.45, 2.75) is 62.6 Å². The van der Waals surface area contributed by atoms with Crippen LogP contribution in [0, 0.1) is 6.92 Å². The van der Waals surface area contributed by atoms with E-state index in [-0.39, 0.29) is 40.5 Å². The van der Waals surface area contributed by atoms with Crippen LogP contribution in [0.5, 0.6) is 5.75 Å². The molecule has 4 aromatic rings. The maximum atomic E-state index is 14.6. The molecule has 2 amide bonds. The number of amides is 2. The van der Waals surface area contributed by atoms with Gasteiger partial charge in [-0.25, -0.2) is 8.42 Å². The average molecular weight is 674 g/mol. The van der Waals surface area contributed by atoms with Gasteiger partial charge >= 0.3 is 0 Å². The average Bonchev–Trinajstić information content (AvgIpc) is 3.59. The van der Waals surface area contributed by atoms with Crippen LogP contribution in [-0.4, -0.2) is 50.9 Å². The van der Waals surface area contributed by atoms with E-state index in [9.17, 15) is 18.0 Å². The summed E-state index contributed by atoms with van der Waals surface area (Å²) >= 11 is 6.47. The number of ether oxygens (including phenoxy) is 1. The summed E-state index contributed by atoms with van der Waals surface area (Å²) in [6, 6.07) is 29.1. The lowest BCUT2D eigenvalue weighted by Crippen LogP contribution is -2.54. The van der Waals surface area contributed by atoms with Gasteiger partial charge in [0.1, 0.15) is 18.3 Å². The Bertz CT molecular complexity index is 1760. The van der Waals surface area contributed by atoms with Gasteiger partial charge in [-0.05, 0) is 61.2 Å². The molecule has 0 heterocycles. The van der Waals surface area contributed by atoms with Crippen LogP contribution in [-0.2, 0) is 32.6 Å². The molecule has 1 aliphatic carbocycles. The molecule has 0 saturated heterocycles. The molecular formula is C37H40ClN3O5S. The zero-order valence-electron chi connectivity index (χ0n) is 26.6. The van der Waals surface area contributed by atoms with E-state index in [2.05, 4.69) is 5.32 Å². The number of nitrogens with zero attached hydrogens (tertiary/aromatic N) is 2. The van der Waals surface area contributed by atoms with Gasteiger partial charge in [0.15, 0.2) is 0 Å². The Balaban J connectivity index is 1.57. The fourth-order valence-corrected chi connectivity index (χ4v) is 7.54. The molecule has 1 fully saturated rings. The zero-order chi connectivity index (χ0) is 33.4. The standard InChI is InChI=1S/C37H40ClN3O5S/c1-27-17-20-32(21-18-27)47(44,45)41(31-19-22-35(46-2)33(38)24-31)26-36(42)40(25-29-13-7-4-8-14-29)34(23-28-11-5-3-6-12-28)37(43)39-30-15-9-10-16-30/h3-8,11-14,17-22,24,30,34H,9-10,15-16,23,25-26H2,1-2H3,(H,39,43). The maximum absolute atomic E-state index is 14.6. The van der Waals surface area contributed by atoms with Crippen molar-refractivity contribution in [3.05, 3.63) is 125 Å². The van der Waals surface area contributed by atoms with E-state index < -0.39 is 28.5 Å². The summed E-state index contributed by atoms with van der Waals surface area (Å²) in [5.41, 5.74) is 2.79. The lowest BCUT2D eigenvalue weighted by Gasteiger charge is -2.34. The maximum Gasteiger partial charge on any atom is 0.264 e. The number of hydrogen-bond donors (Lipinski definition) is 1. The van der Waals surface area contributed by atoms with Gasteiger partial charge in [-0.15, -0.1) is 0 Å². The SMILES string of the molecule is COc1ccc(N(CC(=O)N(Cc2ccccc2)C(Cc2ccccc2)C(=O)NC2CCCC2)S(=O)(=O)c2ccc(C)cc2)cc1Cl. The van der Waals surface area contributed by atoms with Crippen LogP contribution in [0.4, 0.5) is 5.69 Å². The molecule has 10 heteroatoms. The first-order chi connectivity index (χ1) is 22.7. The summed E-state index contributed by atoms with van der Waals surface area (Å²) in [4.78, 5) is 30.3. The highest BCUT2D eigenvalue weighted by atomic mass is 35.5. The van der Waals surface area contributed by atoms with Crippen LogP contribution in [0.25, 0.3) is 0 Å². The van der Waals surface area contributed by atoms with Crippen molar-refractivity contribution in [2.75, 3.05) is 18.0 Å². The van der Waals surface area contributed by atoms with Crippen molar-refractivity contribution < 1.29 is 22.7 Å². The van der Waals surface area contributed by atoms with Crippen LogP contribution in [0.1, 0.15) is 42.4 Å². The minimum Gasteiger partial charge on any atom is -0.495 e. The highest BCUT2D eigenvalue weighted by Gasteiger charge is 2.35. The summed E-state index contributed by atoms with van der Waals surface area (Å²) in [7, 11) is -2.78. The third kappa shape index (κ3) is 8.53. The molecule has 0 radical (unpaired) electrons. The Morgan fingerprint density at radius 1 is 0.894 bits per heavy atom. The van der Waals surface area contributed by atoms with E-state index in [4.69, 9.17) is 16.3 Å². The first-order valence-electron chi connectivity index (χ1n) is 15.8. The Kier molecular flexibility index (Phi) is 11.2.